The molecule has 2 rings (SSSR count). The summed E-state index contributed by atoms with van der Waals surface area (Å²) in [5, 5.41) is 21.7. The molecule has 1 fully saturated rings. The van der Waals surface area contributed by atoms with Crippen molar-refractivity contribution in [1.29, 1.82) is 0 Å². The van der Waals surface area contributed by atoms with E-state index in [1.807, 2.05) is 0 Å². The van der Waals surface area contributed by atoms with Crippen LogP contribution in [0.5, 0.6) is 0 Å². The van der Waals surface area contributed by atoms with Gasteiger partial charge in [0.25, 0.3) is 5.56 Å². The van der Waals surface area contributed by atoms with Crippen LogP contribution in [0.3, 0.4) is 0 Å². The number of phosphoric acid groups is 3. The van der Waals surface area contributed by atoms with Gasteiger partial charge in [-0.05, 0) is 0 Å². The topological polar surface area (TPSA) is 264 Å². The molecule has 17 nitrogen and oxygen atoms in total. The van der Waals surface area contributed by atoms with E-state index in [1.165, 1.54) is 0 Å². The molecule has 1 aliphatic heterocycles. The van der Waals surface area contributed by atoms with E-state index in [1.54, 1.807) is 4.98 Å². The van der Waals surface area contributed by atoms with Gasteiger partial charge in [-0.3, -0.25) is 23.3 Å². The third-order valence-electron chi connectivity index (χ3n) is 4.57. The molecule has 1 aromatic heterocycles. The normalized spacial score (nSPS) is 31.2. The minimum atomic E-state index is -5.90. The average molecular weight is 562 g/mol. The molecule has 1 aliphatic rings. The molecular formula is C12H19F2N2O15P3. The number of aromatic nitrogens is 2. The lowest BCUT2D eigenvalue weighted by Gasteiger charge is -2.38. The largest absolute Gasteiger partial charge is 0.490 e. The van der Waals surface area contributed by atoms with E-state index in [-0.39, 0.29) is 0 Å². The van der Waals surface area contributed by atoms with Crippen LogP contribution in [0.2, 0.25) is 0 Å². The summed E-state index contributed by atoms with van der Waals surface area (Å²) < 4.78 is 78.0. The van der Waals surface area contributed by atoms with Gasteiger partial charge >= 0.3 is 29.2 Å². The Kier molecular flexibility index (Phi) is 8.60. The van der Waals surface area contributed by atoms with Crippen molar-refractivity contribution in [2.45, 2.75) is 30.0 Å². The van der Waals surface area contributed by atoms with E-state index in [0.717, 1.165) is 12.3 Å². The number of alkyl halides is 2. The zero-order valence-electron chi connectivity index (χ0n) is 16.5. The molecule has 2 heterocycles. The van der Waals surface area contributed by atoms with Gasteiger partial charge in [-0.2, -0.15) is 8.62 Å². The number of rotatable bonds is 11. The third kappa shape index (κ3) is 6.33. The fourth-order valence-corrected chi connectivity index (χ4v) is 6.14. The first kappa shape index (κ1) is 29.1. The van der Waals surface area contributed by atoms with Gasteiger partial charge in [0.2, 0.25) is 0 Å². The van der Waals surface area contributed by atoms with Crippen LogP contribution in [0.4, 0.5) is 8.78 Å². The van der Waals surface area contributed by atoms with E-state index < -0.39 is 84.6 Å². The van der Waals surface area contributed by atoms with Gasteiger partial charge in [0.15, 0.2) is 11.8 Å². The van der Waals surface area contributed by atoms with Crippen molar-refractivity contribution in [2.75, 3.05) is 20.0 Å². The van der Waals surface area contributed by atoms with Crippen molar-refractivity contribution in [3.63, 3.8) is 0 Å². The number of halogens is 2. The van der Waals surface area contributed by atoms with Gasteiger partial charge in [-0.15, -0.1) is 0 Å². The zero-order chi connectivity index (χ0) is 26.2. The summed E-state index contributed by atoms with van der Waals surface area (Å²) >= 11 is 0. The highest BCUT2D eigenvalue weighted by molar-refractivity contribution is 7.66. The molecule has 1 aromatic rings. The van der Waals surface area contributed by atoms with Crippen molar-refractivity contribution in [3.05, 3.63) is 33.1 Å². The molecular weight excluding hydrogens is 543 g/mol. The summed E-state index contributed by atoms with van der Waals surface area (Å²) in [6.07, 6.45) is -4.59. The van der Waals surface area contributed by atoms with Crippen LogP contribution in [0.15, 0.2) is 21.9 Å². The minimum Gasteiger partial charge on any atom is -0.384 e. The van der Waals surface area contributed by atoms with Gasteiger partial charge in [0, 0.05) is 18.7 Å². The number of hydrogen-bond acceptors (Lipinski definition) is 11. The fourth-order valence-electron chi connectivity index (χ4n) is 3.13. The molecule has 1 saturated heterocycles. The fraction of sp³-hybridized carbons (Fsp3) is 0.667. The number of phosphoric ester groups is 1. The van der Waals surface area contributed by atoms with Crippen molar-refractivity contribution in [3.8, 4) is 0 Å². The Bertz CT molecular complexity index is 1150. The van der Waals surface area contributed by atoms with Crippen molar-refractivity contribution < 1.29 is 70.1 Å². The lowest BCUT2D eigenvalue weighted by Crippen LogP contribution is -2.61. The Morgan fingerprint density at radius 2 is 1.68 bits per heavy atom. The van der Waals surface area contributed by atoms with Gasteiger partial charge < -0.3 is 34.5 Å². The summed E-state index contributed by atoms with van der Waals surface area (Å²) in [7, 11) is -17.3. The molecule has 0 aromatic carbocycles. The van der Waals surface area contributed by atoms with Crippen LogP contribution in [-0.2, 0) is 31.6 Å². The smallest absolute Gasteiger partial charge is 0.384 e. The Morgan fingerprint density at radius 3 is 2.18 bits per heavy atom. The minimum absolute atomic E-state index is 0.426. The molecule has 196 valence electrons. The van der Waals surface area contributed by atoms with Gasteiger partial charge in [-0.25, -0.2) is 22.9 Å². The maximum atomic E-state index is 13.9. The molecule has 22 heteroatoms. The van der Waals surface area contributed by atoms with Crippen molar-refractivity contribution in [1.82, 2.24) is 9.55 Å². The van der Waals surface area contributed by atoms with E-state index >= 15 is 0 Å². The predicted octanol–water partition coefficient (Wildman–Crippen LogP) is -1.43. The summed E-state index contributed by atoms with van der Waals surface area (Å²) in [4.78, 5) is 60.8. The molecule has 0 amide bonds. The van der Waals surface area contributed by atoms with E-state index in [0.29, 0.717) is 4.57 Å². The Balaban J connectivity index is 2.35. The molecule has 34 heavy (non-hydrogen) atoms. The Hall–Kier alpha value is -1.17. The number of aromatic amines is 1. The molecule has 0 saturated carbocycles. The molecule has 0 radical (unpaired) electrons. The van der Waals surface area contributed by atoms with Crippen LogP contribution in [0, 0.1) is 0 Å². The highest BCUT2D eigenvalue weighted by atomic mass is 31.3. The Morgan fingerprint density at radius 1 is 1.06 bits per heavy atom. The lowest BCUT2D eigenvalue weighted by atomic mass is 9.78. The van der Waals surface area contributed by atoms with Gasteiger partial charge in [0.05, 0.1) is 13.3 Å². The van der Waals surface area contributed by atoms with Crippen LogP contribution >= 0.6 is 23.5 Å². The second-order valence-electron chi connectivity index (χ2n) is 6.80. The second-order valence-corrected chi connectivity index (χ2v) is 11.2. The van der Waals surface area contributed by atoms with Crippen LogP contribution in [-0.4, -0.2) is 76.6 Å². The number of hydrogen-bond donors (Lipinski definition) is 7. The highest BCUT2D eigenvalue weighted by Gasteiger charge is 2.67. The third-order valence-corrected chi connectivity index (χ3v) is 8.37. The standard InChI is InChI=1S/C12H19F2N2O15P3/c13-3-2-11(19)7(5-28-33(24,25)31-34(26,27)30-32(21,22)23)29-9(12(11,20)6-14)16-4-1-8(17)15-10(16)18/h1,4,7,9,19-20H,2-3,5-6H2,(H,24,25)(H,26,27)(H,15,17,18)(H2,21,22,23)/t7-,9-,11-,12+/m1/s1. The maximum absolute atomic E-state index is 13.9. The highest BCUT2D eigenvalue weighted by Crippen LogP contribution is 2.66. The van der Waals surface area contributed by atoms with Gasteiger partial charge in [-0.1, -0.05) is 0 Å². The predicted molar refractivity (Wildman–Crippen MR) is 102 cm³/mol. The first-order valence-corrected chi connectivity index (χ1v) is 13.2. The summed E-state index contributed by atoms with van der Waals surface area (Å²) in [5.74, 6) is 0. The molecule has 0 aliphatic carbocycles. The van der Waals surface area contributed by atoms with E-state index in [9.17, 15) is 47.2 Å². The summed E-state index contributed by atoms with van der Waals surface area (Å²) in [5.41, 5.74) is -8.19. The molecule has 0 spiro atoms. The van der Waals surface area contributed by atoms with E-state index in [2.05, 4.69) is 13.1 Å². The zero-order valence-corrected chi connectivity index (χ0v) is 19.2. The summed E-state index contributed by atoms with van der Waals surface area (Å²) in [6.45, 7) is -4.68. The quantitative estimate of drug-likeness (QED) is 0.152. The lowest BCUT2D eigenvalue weighted by molar-refractivity contribution is -0.170. The molecule has 7 N–H and O–H groups in total. The Labute approximate surface area is 187 Å². The molecule has 0 bridgehead atoms. The van der Waals surface area contributed by atoms with Crippen LogP contribution < -0.4 is 11.2 Å². The van der Waals surface area contributed by atoms with Crippen molar-refractivity contribution >= 4 is 23.5 Å². The second kappa shape index (κ2) is 10.1. The van der Waals surface area contributed by atoms with E-state index in [4.69, 9.17) is 19.4 Å². The maximum Gasteiger partial charge on any atom is 0.490 e. The van der Waals surface area contributed by atoms with Crippen molar-refractivity contribution in [2.24, 2.45) is 0 Å². The number of aliphatic hydroxyl groups is 2. The number of nitrogens with one attached hydrogen (secondary N) is 1. The number of ether oxygens (including phenoxy) is 1. The average Bonchev–Trinajstić information content (AvgIpc) is 2.86. The summed E-state index contributed by atoms with van der Waals surface area (Å²) in [6, 6.07) is 0.761. The number of nitrogens with zero attached hydrogens (tertiary/aromatic N) is 1. The SMILES string of the molecule is O=c1ccn([C@@H]2O[C@H](COP(=O)(O)OP(=O)(O)OP(=O)(O)O)[C@](O)(CCF)[C@]2(O)CF)c(=O)[nH]1. The van der Waals surface area contributed by atoms with Crippen LogP contribution in [0.25, 0.3) is 0 Å². The first-order chi connectivity index (χ1) is 15.4. The monoisotopic (exact) mass is 562 g/mol. The molecule has 2 unspecified atom stereocenters. The number of H-pyrrole nitrogens is 1. The van der Waals surface area contributed by atoms with Gasteiger partial charge in [0.1, 0.15) is 18.4 Å². The van der Waals surface area contributed by atoms with Crippen LogP contribution in [0.1, 0.15) is 12.6 Å². The first-order valence-electron chi connectivity index (χ1n) is 8.72. The molecule has 6 atom stereocenters.